The van der Waals surface area contributed by atoms with E-state index in [1.54, 1.807) is 24.3 Å². The third-order valence-corrected chi connectivity index (χ3v) is 5.09. The summed E-state index contributed by atoms with van der Waals surface area (Å²) in [5.74, 6) is -0.208. The fraction of sp³-hybridized carbons (Fsp3) is 0.217. The van der Waals surface area contributed by atoms with Gasteiger partial charge in [0.25, 0.3) is 11.5 Å². The number of aromatic nitrogens is 1. The first-order chi connectivity index (χ1) is 15.7. The maximum atomic E-state index is 13.0. The van der Waals surface area contributed by atoms with Crippen LogP contribution >= 0.6 is 11.6 Å². The predicted molar refractivity (Wildman–Crippen MR) is 116 cm³/mol. The van der Waals surface area contributed by atoms with Gasteiger partial charge in [0, 0.05) is 12.3 Å². The molecule has 0 saturated heterocycles. The molecule has 0 aliphatic heterocycles. The Hall–Kier alpha value is -3.30. The Bertz CT molecular complexity index is 1180. The molecular weight excluding hydrogens is 461 g/mol. The van der Waals surface area contributed by atoms with Crippen molar-refractivity contribution in [3.63, 3.8) is 0 Å². The van der Waals surface area contributed by atoms with Gasteiger partial charge in [0.05, 0.1) is 35.3 Å². The quantitative estimate of drug-likeness (QED) is 0.509. The first-order valence-corrected chi connectivity index (χ1v) is 10.2. The van der Waals surface area contributed by atoms with Crippen LogP contribution in [0.1, 0.15) is 27.5 Å². The highest BCUT2D eigenvalue weighted by molar-refractivity contribution is 6.32. The number of rotatable bonds is 8. The molecule has 0 aliphatic carbocycles. The number of para-hydroxylation sites is 1. The Balaban J connectivity index is 1.70. The lowest BCUT2D eigenvalue weighted by Crippen LogP contribution is -2.32. The lowest BCUT2D eigenvalue weighted by molar-refractivity contribution is -0.137. The van der Waals surface area contributed by atoms with Gasteiger partial charge in [-0.2, -0.15) is 13.2 Å². The van der Waals surface area contributed by atoms with Crippen LogP contribution in [0.25, 0.3) is 0 Å². The summed E-state index contributed by atoms with van der Waals surface area (Å²) < 4.78 is 45.8. The van der Waals surface area contributed by atoms with E-state index in [-0.39, 0.29) is 29.8 Å². The molecule has 10 heteroatoms. The summed E-state index contributed by atoms with van der Waals surface area (Å²) in [5, 5.41) is 12.5. The maximum absolute atomic E-state index is 13.0. The van der Waals surface area contributed by atoms with Gasteiger partial charge in [-0.3, -0.25) is 9.59 Å². The normalized spacial score (nSPS) is 12.3. The second kappa shape index (κ2) is 10.5. The number of pyridine rings is 1. The van der Waals surface area contributed by atoms with E-state index in [4.69, 9.17) is 16.3 Å². The third kappa shape index (κ3) is 6.36. The van der Waals surface area contributed by atoms with Gasteiger partial charge in [-0.05, 0) is 35.9 Å². The second-order valence-corrected chi connectivity index (χ2v) is 7.47. The van der Waals surface area contributed by atoms with Gasteiger partial charge in [0.15, 0.2) is 0 Å². The largest absolute Gasteiger partial charge is 0.490 e. The van der Waals surface area contributed by atoms with E-state index < -0.39 is 30.3 Å². The third-order valence-electron chi connectivity index (χ3n) is 4.78. The molecule has 0 spiro atoms. The molecule has 1 heterocycles. The molecule has 33 heavy (non-hydrogen) atoms. The number of hydrogen-bond donors (Lipinski definition) is 2. The van der Waals surface area contributed by atoms with Crippen molar-refractivity contribution >= 4 is 17.5 Å². The molecule has 1 unspecified atom stereocenters. The molecule has 1 aromatic heterocycles. The van der Waals surface area contributed by atoms with E-state index >= 15 is 0 Å². The van der Waals surface area contributed by atoms with Crippen LogP contribution in [0.2, 0.25) is 5.02 Å². The molecule has 1 amide bonds. The molecule has 2 aromatic carbocycles. The summed E-state index contributed by atoms with van der Waals surface area (Å²) in [6.45, 7) is -0.376. The van der Waals surface area contributed by atoms with Gasteiger partial charge in [0.2, 0.25) is 0 Å². The highest BCUT2D eigenvalue weighted by Gasteiger charge is 2.31. The van der Waals surface area contributed by atoms with Crippen molar-refractivity contribution < 1.29 is 27.8 Å². The first kappa shape index (κ1) is 24.3. The zero-order valence-electron chi connectivity index (χ0n) is 17.2. The smallest absolute Gasteiger partial charge is 0.416 e. The molecule has 0 saturated carbocycles. The summed E-state index contributed by atoms with van der Waals surface area (Å²) in [4.78, 5) is 24.8. The van der Waals surface area contributed by atoms with Crippen molar-refractivity contribution in [2.24, 2.45) is 0 Å². The van der Waals surface area contributed by atoms with Crippen molar-refractivity contribution in [3.8, 4) is 5.75 Å². The van der Waals surface area contributed by atoms with E-state index in [1.807, 2.05) is 0 Å². The number of aliphatic hydroxyl groups is 1. The zero-order chi connectivity index (χ0) is 24.0. The minimum Gasteiger partial charge on any atom is -0.490 e. The monoisotopic (exact) mass is 480 g/mol. The number of nitrogens with zero attached hydrogens (tertiary/aromatic N) is 1. The van der Waals surface area contributed by atoms with Crippen LogP contribution < -0.4 is 15.6 Å². The van der Waals surface area contributed by atoms with Gasteiger partial charge < -0.3 is 19.7 Å². The number of alkyl halides is 3. The molecule has 3 rings (SSSR count). The summed E-state index contributed by atoms with van der Waals surface area (Å²) in [6.07, 6.45) is -3.24. The first-order valence-electron chi connectivity index (χ1n) is 9.85. The SMILES string of the molecule is O=C(NC(CO)c1cccc(C(F)(F)F)c1)c1ccc(=O)n(CCOc2ccccc2Cl)c1. The molecule has 1 atom stereocenters. The number of carbonyl (C=O) groups is 1. The number of hydrogen-bond acceptors (Lipinski definition) is 4. The highest BCUT2D eigenvalue weighted by atomic mass is 35.5. The van der Waals surface area contributed by atoms with Crippen LogP contribution in [-0.2, 0) is 12.7 Å². The summed E-state index contributed by atoms with van der Waals surface area (Å²) in [5.41, 5.74) is -1.06. The van der Waals surface area contributed by atoms with E-state index in [9.17, 15) is 27.9 Å². The Kier molecular flexibility index (Phi) is 7.78. The molecule has 3 aromatic rings. The molecule has 2 N–H and O–H groups in total. The predicted octanol–water partition coefficient (Wildman–Crippen LogP) is 4.06. The van der Waals surface area contributed by atoms with E-state index in [0.717, 1.165) is 12.1 Å². The molecule has 174 valence electrons. The van der Waals surface area contributed by atoms with Gasteiger partial charge in [-0.1, -0.05) is 35.9 Å². The van der Waals surface area contributed by atoms with Crippen LogP contribution in [0.5, 0.6) is 5.75 Å². The minimum atomic E-state index is -4.55. The van der Waals surface area contributed by atoms with E-state index in [0.29, 0.717) is 10.8 Å². The van der Waals surface area contributed by atoms with Crippen LogP contribution in [0.4, 0.5) is 13.2 Å². The van der Waals surface area contributed by atoms with Crippen LogP contribution in [-0.4, -0.2) is 28.8 Å². The number of aliphatic hydroxyl groups excluding tert-OH is 1. The molecule has 0 radical (unpaired) electrons. The average Bonchev–Trinajstić information content (AvgIpc) is 2.79. The van der Waals surface area contributed by atoms with Crippen LogP contribution in [0.15, 0.2) is 71.7 Å². The van der Waals surface area contributed by atoms with Gasteiger partial charge in [-0.25, -0.2) is 0 Å². The number of halogens is 4. The van der Waals surface area contributed by atoms with Crippen molar-refractivity contribution in [2.75, 3.05) is 13.2 Å². The van der Waals surface area contributed by atoms with Crippen LogP contribution in [0, 0.1) is 0 Å². The summed E-state index contributed by atoms with van der Waals surface area (Å²) >= 11 is 6.02. The topological polar surface area (TPSA) is 80.6 Å². The van der Waals surface area contributed by atoms with Gasteiger partial charge in [0.1, 0.15) is 12.4 Å². The molecule has 0 bridgehead atoms. The van der Waals surface area contributed by atoms with Crippen molar-refractivity contribution in [3.05, 3.63) is 98.9 Å². The Morgan fingerprint density at radius 1 is 1.12 bits per heavy atom. The second-order valence-electron chi connectivity index (χ2n) is 7.06. The molecule has 0 aliphatic rings. The fourth-order valence-corrected chi connectivity index (χ4v) is 3.25. The Morgan fingerprint density at radius 2 is 1.88 bits per heavy atom. The highest BCUT2D eigenvalue weighted by Crippen LogP contribution is 2.30. The number of ether oxygens (including phenoxy) is 1. The van der Waals surface area contributed by atoms with Gasteiger partial charge in [-0.15, -0.1) is 0 Å². The van der Waals surface area contributed by atoms with Crippen molar-refractivity contribution in [1.29, 1.82) is 0 Å². The number of amides is 1. The van der Waals surface area contributed by atoms with Gasteiger partial charge >= 0.3 is 6.18 Å². The average molecular weight is 481 g/mol. The number of carbonyl (C=O) groups excluding carboxylic acids is 1. The fourth-order valence-electron chi connectivity index (χ4n) is 3.06. The molecular formula is C23H20ClF3N2O4. The van der Waals surface area contributed by atoms with E-state index in [1.165, 1.54) is 35.0 Å². The van der Waals surface area contributed by atoms with Crippen LogP contribution in [0.3, 0.4) is 0 Å². The van der Waals surface area contributed by atoms with E-state index in [2.05, 4.69) is 5.32 Å². The number of benzene rings is 2. The van der Waals surface area contributed by atoms with Crippen molar-refractivity contribution in [2.45, 2.75) is 18.8 Å². The maximum Gasteiger partial charge on any atom is 0.416 e. The lowest BCUT2D eigenvalue weighted by Gasteiger charge is -2.18. The van der Waals surface area contributed by atoms with Crippen molar-refractivity contribution in [1.82, 2.24) is 9.88 Å². The standard InChI is InChI=1S/C23H20ClF3N2O4/c24-18-6-1-2-7-20(18)33-11-10-29-13-16(8-9-21(29)31)22(32)28-19(14-30)15-4-3-5-17(12-15)23(25,26)27/h1-9,12-13,19,30H,10-11,14H2,(H,28,32). The summed E-state index contributed by atoms with van der Waals surface area (Å²) in [7, 11) is 0. The number of nitrogens with one attached hydrogen (secondary N) is 1. The zero-order valence-corrected chi connectivity index (χ0v) is 17.9. The lowest BCUT2D eigenvalue weighted by atomic mass is 10.0. The summed E-state index contributed by atoms with van der Waals surface area (Å²) in [6, 6.07) is 12.6. The molecule has 0 fully saturated rings. The minimum absolute atomic E-state index is 0.0952. The Morgan fingerprint density at radius 3 is 2.58 bits per heavy atom. The molecule has 6 nitrogen and oxygen atoms in total. The Labute approximate surface area is 192 Å².